The number of carboxylic acid groups (broad SMARTS) is 1. The molecule has 1 aromatic heterocycles. The molecule has 2 rings (SSSR count). The molecule has 1 saturated carbocycles. The van der Waals surface area contributed by atoms with Gasteiger partial charge in [0.25, 0.3) is 0 Å². The molecule has 17 heavy (non-hydrogen) atoms. The van der Waals surface area contributed by atoms with Gasteiger partial charge >= 0.3 is 5.97 Å². The average molecular weight is 234 g/mol. The molecule has 0 radical (unpaired) electrons. The Kier molecular flexibility index (Phi) is 3.05. The van der Waals surface area contributed by atoms with Gasteiger partial charge in [0.1, 0.15) is 11.4 Å². The van der Waals surface area contributed by atoms with Crippen molar-refractivity contribution in [3.8, 4) is 0 Å². The third kappa shape index (κ3) is 2.57. The molecule has 4 nitrogen and oxygen atoms in total. The predicted octanol–water partition coefficient (Wildman–Crippen LogP) is 2.69. The first-order valence-corrected chi connectivity index (χ1v) is 5.95. The minimum absolute atomic E-state index is 0.249. The summed E-state index contributed by atoms with van der Waals surface area (Å²) in [5.41, 5.74) is 1.39. The maximum absolute atomic E-state index is 11.1. The van der Waals surface area contributed by atoms with Crippen molar-refractivity contribution in [2.45, 2.75) is 33.1 Å². The minimum atomic E-state index is -0.932. The Balaban J connectivity index is 2.13. The van der Waals surface area contributed by atoms with Crippen molar-refractivity contribution in [1.82, 2.24) is 4.98 Å². The molecule has 0 atom stereocenters. The van der Waals surface area contributed by atoms with E-state index >= 15 is 0 Å². The maximum Gasteiger partial charge on any atom is 0.339 e. The molecule has 0 spiro atoms. The lowest BCUT2D eigenvalue weighted by atomic mass is 9.70. The van der Waals surface area contributed by atoms with Crippen LogP contribution in [-0.4, -0.2) is 22.6 Å². The van der Waals surface area contributed by atoms with Gasteiger partial charge in [0.2, 0.25) is 0 Å². The fraction of sp³-hybridized carbons (Fsp3) is 0.538. The number of aryl methyl sites for hydroxylation is 1. The fourth-order valence-corrected chi connectivity index (χ4v) is 2.12. The standard InChI is InChI=1S/C13H18N2O2/c1-9-4-5-10(12(16)17)11(15-9)14-8-13(2)6-3-7-13/h4-5H,3,6-8H2,1-2H3,(H,14,15)(H,16,17). The molecule has 92 valence electrons. The smallest absolute Gasteiger partial charge is 0.339 e. The number of aromatic carboxylic acids is 1. The van der Waals surface area contributed by atoms with E-state index in [0.717, 1.165) is 12.2 Å². The Bertz CT molecular complexity index is 439. The van der Waals surface area contributed by atoms with E-state index in [4.69, 9.17) is 5.11 Å². The molecule has 1 aliphatic rings. The number of carbonyl (C=O) groups is 1. The van der Waals surface area contributed by atoms with Gasteiger partial charge in [-0.05, 0) is 37.3 Å². The molecule has 1 aromatic rings. The van der Waals surface area contributed by atoms with Crippen LogP contribution in [0.5, 0.6) is 0 Å². The van der Waals surface area contributed by atoms with Crippen molar-refractivity contribution < 1.29 is 9.90 Å². The number of nitrogens with zero attached hydrogens (tertiary/aromatic N) is 1. The lowest BCUT2D eigenvalue weighted by Gasteiger charge is -2.38. The summed E-state index contributed by atoms with van der Waals surface area (Å²) in [6.45, 7) is 4.88. The van der Waals surface area contributed by atoms with E-state index in [1.807, 2.05) is 6.92 Å². The Morgan fingerprint density at radius 2 is 2.24 bits per heavy atom. The number of anilines is 1. The second kappa shape index (κ2) is 4.35. The molecule has 1 aliphatic carbocycles. The Labute approximate surface area is 101 Å². The number of hydrogen-bond donors (Lipinski definition) is 2. The highest BCUT2D eigenvalue weighted by Gasteiger charge is 2.31. The predicted molar refractivity (Wildman–Crippen MR) is 66.4 cm³/mol. The lowest BCUT2D eigenvalue weighted by molar-refractivity contribution is 0.0697. The van der Waals surface area contributed by atoms with E-state index < -0.39 is 5.97 Å². The van der Waals surface area contributed by atoms with E-state index in [1.54, 1.807) is 12.1 Å². The van der Waals surface area contributed by atoms with Gasteiger partial charge in [0, 0.05) is 12.2 Å². The fourth-order valence-electron chi connectivity index (χ4n) is 2.12. The van der Waals surface area contributed by atoms with Crippen LogP contribution in [0.25, 0.3) is 0 Å². The van der Waals surface area contributed by atoms with Gasteiger partial charge < -0.3 is 10.4 Å². The van der Waals surface area contributed by atoms with Crippen LogP contribution < -0.4 is 5.32 Å². The van der Waals surface area contributed by atoms with Gasteiger partial charge in [0.05, 0.1) is 0 Å². The quantitative estimate of drug-likeness (QED) is 0.840. The highest BCUT2D eigenvalue weighted by Crippen LogP contribution is 2.40. The lowest BCUT2D eigenvalue weighted by Crippen LogP contribution is -2.33. The van der Waals surface area contributed by atoms with Crippen LogP contribution in [-0.2, 0) is 0 Å². The Morgan fingerprint density at radius 1 is 1.53 bits per heavy atom. The summed E-state index contributed by atoms with van der Waals surface area (Å²) in [6.07, 6.45) is 3.67. The summed E-state index contributed by atoms with van der Waals surface area (Å²) in [5.74, 6) is -0.440. The molecular weight excluding hydrogens is 216 g/mol. The number of nitrogens with one attached hydrogen (secondary N) is 1. The topological polar surface area (TPSA) is 62.2 Å². The van der Waals surface area contributed by atoms with E-state index in [2.05, 4.69) is 17.2 Å². The van der Waals surface area contributed by atoms with Crippen molar-refractivity contribution in [2.75, 3.05) is 11.9 Å². The first kappa shape index (κ1) is 11.9. The zero-order valence-corrected chi connectivity index (χ0v) is 10.3. The number of pyridine rings is 1. The first-order valence-electron chi connectivity index (χ1n) is 5.95. The van der Waals surface area contributed by atoms with Gasteiger partial charge in [-0.25, -0.2) is 9.78 Å². The molecule has 0 amide bonds. The highest BCUT2D eigenvalue weighted by atomic mass is 16.4. The molecule has 4 heteroatoms. The molecule has 0 unspecified atom stereocenters. The van der Waals surface area contributed by atoms with Crippen LogP contribution in [0.3, 0.4) is 0 Å². The molecule has 1 heterocycles. The zero-order chi connectivity index (χ0) is 12.5. The van der Waals surface area contributed by atoms with Crippen molar-refractivity contribution in [2.24, 2.45) is 5.41 Å². The largest absolute Gasteiger partial charge is 0.478 e. The summed E-state index contributed by atoms with van der Waals surface area (Å²) >= 11 is 0. The van der Waals surface area contributed by atoms with Crippen LogP contribution in [0.15, 0.2) is 12.1 Å². The monoisotopic (exact) mass is 234 g/mol. The van der Waals surface area contributed by atoms with Gasteiger partial charge in [-0.3, -0.25) is 0 Å². The summed E-state index contributed by atoms with van der Waals surface area (Å²) in [7, 11) is 0. The second-order valence-electron chi connectivity index (χ2n) is 5.17. The van der Waals surface area contributed by atoms with Crippen molar-refractivity contribution in [3.63, 3.8) is 0 Å². The first-order chi connectivity index (χ1) is 8.00. The molecule has 2 N–H and O–H groups in total. The maximum atomic E-state index is 11.1. The van der Waals surface area contributed by atoms with Crippen LogP contribution >= 0.6 is 0 Å². The number of hydrogen-bond acceptors (Lipinski definition) is 3. The van der Waals surface area contributed by atoms with Crippen molar-refractivity contribution >= 4 is 11.8 Å². The molecule has 0 bridgehead atoms. The molecule has 0 aromatic carbocycles. The number of rotatable bonds is 4. The second-order valence-corrected chi connectivity index (χ2v) is 5.17. The van der Waals surface area contributed by atoms with Gasteiger partial charge in [-0.1, -0.05) is 13.3 Å². The molecule has 0 saturated heterocycles. The average Bonchev–Trinajstić information content (AvgIpc) is 2.23. The van der Waals surface area contributed by atoms with Crippen LogP contribution in [0.2, 0.25) is 0 Å². The van der Waals surface area contributed by atoms with Crippen molar-refractivity contribution in [3.05, 3.63) is 23.4 Å². The van der Waals surface area contributed by atoms with E-state index in [0.29, 0.717) is 11.2 Å². The number of aromatic nitrogens is 1. The Morgan fingerprint density at radius 3 is 2.76 bits per heavy atom. The SMILES string of the molecule is Cc1ccc(C(=O)O)c(NCC2(C)CCC2)n1. The number of carboxylic acids is 1. The van der Waals surface area contributed by atoms with E-state index in [1.165, 1.54) is 19.3 Å². The van der Waals surface area contributed by atoms with Gasteiger partial charge in [-0.2, -0.15) is 0 Å². The van der Waals surface area contributed by atoms with Crippen LogP contribution in [0.4, 0.5) is 5.82 Å². The summed E-state index contributed by atoms with van der Waals surface area (Å²) in [6, 6.07) is 3.33. The summed E-state index contributed by atoms with van der Waals surface area (Å²) in [5, 5.41) is 12.3. The van der Waals surface area contributed by atoms with Gasteiger partial charge in [0.15, 0.2) is 0 Å². The van der Waals surface area contributed by atoms with E-state index in [-0.39, 0.29) is 5.56 Å². The van der Waals surface area contributed by atoms with Crippen LogP contribution in [0, 0.1) is 12.3 Å². The third-order valence-electron chi connectivity index (χ3n) is 3.51. The molecule has 0 aliphatic heterocycles. The van der Waals surface area contributed by atoms with E-state index in [9.17, 15) is 4.79 Å². The summed E-state index contributed by atoms with van der Waals surface area (Å²) < 4.78 is 0. The zero-order valence-electron chi connectivity index (χ0n) is 10.3. The molecule has 1 fully saturated rings. The van der Waals surface area contributed by atoms with Crippen LogP contribution in [0.1, 0.15) is 42.2 Å². The highest BCUT2D eigenvalue weighted by molar-refractivity contribution is 5.93. The molecular formula is C13H18N2O2. The van der Waals surface area contributed by atoms with Crippen molar-refractivity contribution in [1.29, 1.82) is 0 Å². The normalized spacial score (nSPS) is 17.3. The summed E-state index contributed by atoms with van der Waals surface area (Å²) in [4.78, 5) is 15.3. The Hall–Kier alpha value is -1.58. The minimum Gasteiger partial charge on any atom is -0.478 e. The van der Waals surface area contributed by atoms with Gasteiger partial charge in [-0.15, -0.1) is 0 Å². The third-order valence-corrected chi connectivity index (χ3v) is 3.51.